The third-order valence-electron chi connectivity index (χ3n) is 4.36. The van der Waals surface area contributed by atoms with Gasteiger partial charge in [-0.05, 0) is 60.7 Å². The summed E-state index contributed by atoms with van der Waals surface area (Å²) in [5.74, 6) is 23.0. The lowest BCUT2D eigenvalue weighted by Gasteiger charge is -2.14. The van der Waals surface area contributed by atoms with Crippen molar-refractivity contribution >= 4 is 25.4 Å². The van der Waals surface area contributed by atoms with Crippen LogP contribution in [0.4, 0.5) is 0 Å². The molecule has 0 unspecified atom stereocenters. The van der Waals surface area contributed by atoms with Crippen molar-refractivity contribution < 1.29 is 37.0 Å². The molecule has 202 valence electrons. The van der Waals surface area contributed by atoms with Gasteiger partial charge in [0.1, 0.15) is 6.61 Å². The van der Waals surface area contributed by atoms with Gasteiger partial charge in [-0.25, -0.2) is 4.79 Å². The highest BCUT2D eigenvalue weighted by molar-refractivity contribution is 7.59. The first-order valence-corrected chi connectivity index (χ1v) is 11.5. The molecule has 0 saturated heterocycles. The molecule has 0 aromatic rings. The Morgan fingerprint density at radius 1 is 0.794 bits per heavy atom. The van der Waals surface area contributed by atoms with Crippen molar-refractivity contribution in [3.63, 3.8) is 0 Å². The normalized spacial score (nSPS) is 9.26. The van der Waals surface area contributed by atoms with E-state index in [1.54, 1.807) is 6.92 Å². The van der Waals surface area contributed by atoms with Crippen LogP contribution in [0.2, 0.25) is 0 Å². The van der Waals surface area contributed by atoms with Gasteiger partial charge in [0.05, 0.1) is 6.61 Å². The Hall–Kier alpha value is -2.95. The SMILES string of the molecule is CC#CC#CC#CC#CC#CC(=O)OC[C@H](CO)OC(=O)CCCCCCCCCCCC.S.[HH].[HH].[HH].[HH].[HH].[HH].[HH].[HH].[HH]. The van der Waals surface area contributed by atoms with Gasteiger partial charge in [-0.3, -0.25) is 4.79 Å². The highest BCUT2D eigenvalue weighted by Gasteiger charge is 2.15. The van der Waals surface area contributed by atoms with Crippen molar-refractivity contribution in [2.45, 2.75) is 90.6 Å². The van der Waals surface area contributed by atoms with Gasteiger partial charge in [-0.1, -0.05) is 70.6 Å². The molecule has 1 atom stereocenters. The van der Waals surface area contributed by atoms with Gasteiger partial charge in [-0.2, -0.15) is 13.5 Å². The predicted molar refractivity (Wildman–Crippen MR) is 158 cm³/mol. The number of esters is 2. The van der Waals surface area contributed by atoms with Crippen LogP contribution >= 0.6 is 13.5 Å². The largest absolute Gasteiger partial charge is 0.456 e. The first-order valence-electron chi connectivity index (χ1n) is 11.5. The van der Waals surface area contributed by atoms with Crippen LogP contribution in [0, 0.1) is 59.2 Å². The summed E-state index contributed by atoms with van der Waals surface area (Å²) in [6.45, 7) is 3.18. The van der Waals surface area contributed by atoms with E-state index in [-0.39, 0.29) is 39.4 Å². The molecule has 0 heterocycles. The molecule has 0 spiro atoms. The lowest BCUT2D eigenvalue weighted by molar-refractivity contribution is -0.159. The monoisotopic (exact) mass is 502 g/mol. The van der Waals surface area contributed by atoms with Crippen molar-refractivity contribution in [1.82, 2.24) is 0 Å². The highest BCUT2D eigenvalue weighted by atomic mass is 32.1. The average molecular weight is 503 g/mol. The lowest BCUT2D eigenvalue weighted by Crippen LogP contribution is -2.28. The molecule has 1 N–H and O–H groups in total. The van der Waals surface area contributed by atoms with Gasteiger partial charge in [0.15, 0.2) is 6.10 Å². The smallest absolute Gasteiger partial charge is 0.385 e. The Balaban J connectivity index is -0.000000114. The molecule has 0 aliphatic carbocycles. The minimum atomic E-state index is -0.909. The maximum absolute atomic E-state index is 11.9. The molecule has 0 aliphatic rings. The molecule has 5 nitrogen and oxygen atoms in total. The lowest BCUT2D eigenvalue weighted by atomic mass is 10.1. The van der Waals surface area contributed by atoms with Crippen LogP contribution in [0.5, 0.6) is 0 Å². The van der Waals surface area contributed by atoms with Gasteiger partial charge in [-0.15, -0.1) is 0 Å². The number of hydrogen-bond donors (Lipinski definition) is 1. The van der Waals surface area contributed by atoms with E-state index < -0.39 is 24.6 Å². The first-order chi connectivity index (χ1) is 16.1. The number of aliphatic hydroxyl groups is 1. The number of hydrogen-bond acceptors (Lipinski definition) is 5. The number of aliphatic hydroxyl groups excluding tert-OH is 1. The van der Waals surface area contributed by atoms with Crippen molar-refractivity contribution in [3.05, 3.63) is 0 Å². The minimum Gasteiger partial charge on any atom is -0.456 e. The number of carbonyl (C=O) groups excluding carboxylic acids is 2. The van der Waals surface area contributed by atoms with E-state index in [1.165, 1.54) is 44.9 Å². The molecule has 0 aromatic carbocycles. The minimum absolute atomic E-state index is 0. The number of rotatable bonds is 15. The van der Waals surface area contributed by atoms with Crippen LogP contribution in [0.25, 0.3) is 0 Å². The van der Waals surface area contributed by atoms with Crippen LogP contribution in [0.15, 0.2) is 0 Å². The van der Waals surface area contributed by atoms with Gasteiger partial charge >= 0.3 is 11.9 Å². The fourth-order valence-electron chi connectivity index (χ4n) is 2.66. The highest BCUT2D eigenvalue weighted by Crippen LogP contribution is 2.11. The van der Waals surface area contributed by atoms with Crippen LogP contribution < -0.4 is 0 Å². The van der Waals surface area contributed by atoms with E-state index in [1.807, 2.05) is 0 Å². The molecule has 0 rings (SSSR count). The van der Waals surface area contributed by atoms with E-state index in [0.29, 0.717) is 0 Å². The Kier molecular flexibility index (Phi) is 25.7. The first kappa shape index (κ1) is 33.2. The molecule has 6 heteroatoms. The summed E-state index contributed by atoms with van der Waals surface area (Å²) in [6, 6.07) is 0. The fourth-order valence-corrected chi connectivity index (χ4v) is 2.66. The molecule has 0 saturated carbocycles. The summed E-state index contributed by atoms with van der Waals surface area (Å²) in [6.07, 6.45) is 11.2. The van der Waals surface area contributed by atoms with Crippen molar-refractivity contribution in [2.75, 3.05) is 13.2 Å². The summed E-state index contributed by atoms with van der Waals surface area (Å²) in [4.78, 5) is 23.5. The van der Waals surface area contributed by atoms with E-state index >= 15 is 0 Å². The van der Waals surface area contributed by atoms with Gasteiger partial charge in [0, 0.05) is 25.2 Å². The van der Waals surface area contributed by atoms with Crippen LogP contribution in [-0.2, 0) is 19.1 Å². The third kappa shape index (κ3) is 23.7. The molecule has 34 heavy (non-hydrogen) atoms. The summed E-state index contributed by atoms with van der Waals surface area (Å²) < 4.78 is 10.0. The summed E-state index contributed by atoms with van der Waals surface area (Å²) in [5.41, 5.74) is 0. The van der Waals surface area contributed by atoms with Crippen molar-refractivity contribution in [1.29, 1.82) is 0 Å². The van der Waals surface area contributed by atoms with Crippen LogP contribution in [0.1, 0.15) is 97.3 Å². The Bertz CT molecular complexity index is 914. The number of carbonyl (C=O) groups is 2. The van der Waals surface area contributed by atoms with Gasteiger partial charge < -0.3 is 14.6 Å². The maximum Gasteiger partial charge on any atom is 0.385 e. The Morgan fingerprint density at radius 3 is 1.82 bits per heavy atom. The molecular weight excluding hydrogens is 448 g/mol. The standard InChI is InChI=1S/C28H34O5.H2S.9H2/c1-3-5-7-9-11-13-15-17-19-21-23-28(31)33-26(24-29)25-32-27(30)22-20-18-16-14-12-10-8-6-4-2;;;;;;;;;;/h26,29H,3,5,7,9,11,13,15,17,19,21,23-25H2,1-2H3;1H2;9*1H/t26-;;;;;;;;;;/m0........../s1. The molecule has 0 aliphatic heterocycles. The maximum atomic E-state index is 11.9. The second kappa shape index (κ2) is 26.3. The topological polar surface area (TPSA) is 72.8 Å². The van der Waals surface area contributed by atoms with E-state index in [9.17, 15) is 14.7 Å². The third-order valence-corrected chi connectivity index (χ3v) is 4.36. The van der Waals surface area contributed by atoms with Gasteiger partial charge in [0.25, 0.3) is 0 Å². The van der Waals surface area contributed by atoms with Crippen LogP contribution in [0.3, 0.4) is 0 Å². The molecular formula is C28H54O5S. The zero-order valence-corrected chi connectivity index (χ0v) is 21.3. The van der Waals surface area contributed by atoms with E-state index in [2.05, 4.69) is 66.1 Å². The number of unbranched alkanes of at least 4 members (excludes halogenated alkanes) is 9. The Labute approximate surface area is 225 Å². The quantitative estimate of drug-likeness (QED) is 0.127. The molecule has 0 aromatic heterocycles. The Morgan fingerprint density at radius 2 is 1.29 bits per heavy atom. The second-order valence-corrected chi connectivity index (χ2v) is 7.20. The average Bonchev–Trinajstić information content (AvgIpc) is 2.81. The van der Waals surface area contributed by atoms with E-state index in [4.69, 9.17) is 9.47 Å². The van der Waals surface area contributed by atoms with E-state index in [0.717, 1.165) is 19.3 Å². The fraction of sp³-hybridized carbons (Fsp3) is 0.571. The summed E-state index contributed by atoms with van der Waals surface area (Å²) in [7, 11) is 0. The second-order valence-electron chi connectivity index (χ2n) is 7.20. The summed E-state index contributed by atoms with van der Waals surface area (Å²) >= 11 is 0. The van der Waals surface area contributed by atoms with Crippen LogP contribution in [-0.4, -0.2) is 36.4 Å². The molecule has 0 bridgehead atoms. The van der Waals surface area contributed by atoms with Gasteiger partial charge in [0.2, 0.25) is 0 Å². The zero-order valence-electron chi connectivity index (χ0n) is 20.3. The molecule has 0 fully saturated rings. The number of ether oxygens (including phenoxy) is 2. The molecule has 0 radical (unpaired) electrons. The van der Waals surface area contributed by atoms with Crippen molar-refractivity contribution in [3.8, 4) is 59.2 Å². The predicted octanol–water partition coefficient (Wildman–Crippen LogP) is 6.11. The summed E-state index contributed by atoms with van der Waals surface area (Å²) in [5, 5.41) is 9.32. The van der Waals surface area contributed by atoms with Crippen molar-refractivity contribution in [2.24, 2.45) is 0 Å². The molecule has 0 amide bonds. The zero-order chi connectivity index (χ0) is 24.4.